The van der Waals surface area contributed by atoms with Gasteiger partial charge in [0.2, 0.25) is 0 Å². The first-order valence-corrected chi connectivity index (χ1v) is 16.4. The van der Waals surface area contributed by atoms with E-state index in [1.165, 1.54) is 103 Å². The number of hydrogen-bond acceptors (Lipinski definition) is 4. The lowest BCUT2D eigenvalue weighted by Gasteiger charge is -2.38. The zero-order chi connectivity index (χ0) is 29.7. The van der Waals surface area contributed by atoms with Gasteiger partial charge in [0.25, 0.3) is 0 Å². The van der Waals surface area contributed by atoms with E-state index in [9.17, 15) is 19.5 Å². The number of quaternary nitrogens is 1. The van der Waals surface area contributed by atoms with E-state index in [1.54, 1.807) is 0 Å². The summed E-state index contributed by atoms with van der Waals surface area (Å²) in [4.78, 5) is 33.3. The van der Waals surface area contributed by atoms with Crippen molar-refractivity contribution in [1.29, 1.82) is 0 Å². The van der Waals surface area contributed by atoms with Crippen LogP contribution < -0.4 is 5.11 Å². The molecule has 0 rings (SSSR count). The normalized spacial score (nSPS) is 11.8. The monoisotopic (exact) mass is 567 g/mol. The second-order valence-electron chi connectivity index (χ2n) is 11.7. The van der Waals surface area contributed by atoms with Gasteiger partial charge in [0.1, 0.15) is 0 Å². The standard InChI is InChI=1S/C33H61NO6/c1-2-3-4-5-6-7-8-9-10-11-12-13-14-15-16-17-18-19-20-21-22-23-27-34(28-24-31(35)36,29-25-32(37)38)30-26-33(39)40/h13-14H,2-12,15-30H2,1H3,(H2-,35,36,37,38,39,40)/b14-13+. The molecule has 0 fully saturated rings. The Bertz CT molecular complexity index is 618. The number of unbranched alkanes of at least 4 members (excludes halogenated alkanes) is 18. The van der Waals surface area contributed by atoms with Crippen LogP contribution in [0, 0.1) is 0 Å². The van der Waals surface area contributed by atoms with Crippen LogP contribution in [0.5, 0.6) is 0 Å². The molecule has 40 heavy (non-hydrogen) atoms. The van der Waals surface area contributed by atoms with Crippen molar-refractivity contribution in [3.05, 3.63) is 12.2 Å². The summed E-state index contributed by atoms with van der Waals surface area (Å²) in [5, 5.41) is 29.3. The molecule has 0 aliphatic heterocycles. The molecule has 0 heterocycles. The van der Waals surface area contributed by atoms with E-state index in [0.29, 0.717) is 6.54 Å². The smallest absolute Gasteiger partial charge is 0.309 e. The van der Waals surface area contributed by atoms with Gasteiger partial charge >= 0.3 is 11.9 Å². The number of rotatable bonds is 31. The van der Waals surface area contributed by atoms with Gasteiger partial charge in [0, 0.05) is 12.4 Å². The van der Waals surface area contributed by atoms with Gasteiger partial charge in [-0.25, -0.2) is 0 Å². The fraction of sp³-hybridized carbons (Fsp3) is 0.848. The van der Waals surface area contributed by atoms with Crippen molar-refractivity contribution >= 4 is 17.9 Å². The number of carbonyl (C=O) groups is 3. The third-order valence-corrected chi connectivity index (χ3v) is 8.03. The highest BCUT2D eigenvalue weighted by Crippen LogP contribution is 2.17. The molecule has 2 N–H and O–H groups in total. The van der Waals surface area contributed by atoms with Crippen molar-refractivity contribution in [3.63, 3.8) is 0 Å². The molecule has 0 unspecified atom stereocenters. The van der Waals surface area contributed by atoms with Gasteiger partial charge in [-0.3, -0.25) is 9.59 Å². The van der Waals surface area contributed by atoms with Crippen molar-refractivity contribution in [3.8, 4) is 0 Å². The molecule has 0 bridgehead atoms. The Morgan fingerprint density at radius 2 is 0.875 bits per heavy atom. The Morgan fingerprint density at radius 1 is 0.525 bits per heavy atom. The summed E-state index contributed by atoms with van der Waals surface area (Å²) in [5.74, 6) is -3.08. The van der Waals surface area contributed by atoms with Gasteiger partial charge in [-0.05, 0) is 38.5 Å². The molecule has 0 aromatic rings. The van der Waals surface area contributed by atoms with E-state index in [0.717, 1.165) is 25.7 Å². The summed E-state index contributed by atoms with van der Waals surface area (Å²) in [6.45, 7) is 3.61. The number of carboxylic acids is 3. The molecule has 0 aliphatic carbocycles. The third kappa shape index (κ3) is 26.3. The van der Waals surface area contributed by atoms with E-state index < -0.39 is 17.9 Å². The third-order valence-electron chi connectivity index (χ3n) is 8.03. The predicted octanol–water partition coefficient (Wildman–Crippen LogP) is 7.27. The minimum absolute atomic E-state index is 0.0961. The van der Waals surface area contributed by atoms with E-state index >= 15 is 0 Å². The Kier molecular flexibility index (Phi) is 26.0. The van der Waals surface area contributed by atoms with Crippen LogP contribution >= 0.6 is 0 Å². The number of hydrogen-bond donors (Lipinski definition) is 2. The first kappa shape index (κ1) is 38.1. The molecule has 234 valence electrons. The lowest BCUT2D eigenvalue weighted by Crippen LogP contribution is -2.53. The van der Waals surface area contributed by atoms with Gasteiger partial charge < -0.3 is 24.6 Å². The molecule has 0 amide bonds. The molecule has 0 saturated carbocycles. The summed E-state index contributed by atoms with van der Waals surface area (Å²) < 4.78 is 0.222. The summed E-state index contributed by atoms with van der Waals surface area (Å²) in [6, 6.07) is 0. The average molecular weight is 568 g/mol. The second-order valence-corrected chi connectivity index (χ2v) is 11.7. The van der Waals surface area contributed by atoms with E-state index in [-0.39, 0.29) is 43.4 Å². The average Bonchev–Trinajstić information content (AvgIpc) is 2.92. The van der Waals surface area contributed by atoms with Crippen molar-refractivity contribution in [2.24, 2.45) is 0 Å². The Labute approximate surface area is 245 Å². The molecule has 0 saturated heterocycles. The van der Waals surface area contributed by atoms with E-state index in [1.807, 2.05) is 0 Å². The van der Waals surface area contributed by atoms with Crippen molar-refractivity contribution in [2.75, 3.05) is 26.2 Å². The first-order chi connectivity index (χ1) is 19.3. The van der Waals surface area contributed by atoms with Crippen molar-refractivity contribution < 1.29 is 34.2 Å². The number of aliphatic carboxylic acids is 3. The summed E-state index contributed by atoms with van der Waals surface area (Å²) >= 11 is 0. The molecule has 0 spiro atoms. The van der Waals surface area contributed by atoms with Crippen LogP contribution in [0.15, 0.2) is 12.2 Å². The fourth-order valence-corrected chi connectivity index (χ4v) is 5.42. The zero-order valence-corrected chi connectivity index (χ0v) is 25.7. The summed E-state index contributed by atoms with van der Waals surface area (Å²) in [6.07, 6.45) is 29.7. The highest BCUT2D eigenvalue weighted by Gasteiger charge is 2.28. The molecule has 0 aromatic heterocycles. The van der Waals surface area contributed by atoms with Crippen LogP contribution in [0.2, 0.25) is 0 Å². The Balaban J connectivity index is 3.85. The van der Waals surface area contributed by atoms with Crippen LogP contribution in [-0.4, -0.2) is 58.8 Å². The fourth-order valence-electron chi connectivity index (χ4n) is 5.42. The van der Waals surface area contributed by atoms with Gasteiger partial charge in [0.15, 0.2) is 0 Å². The van der Waals surface area contributed by atoms with E-state index in [4.69, 9.17) is 10.2 Å². The Hall–Kier alpha value is -1.89. The maximum atomic E-state index is 11.1. The minimum Gasteiger partial charge on any atom is -0.550 e. The maximum Gasteiger partial charge on any atom is 0.309 e. The minimum atomic E-state index is -1.18. The van der Waals surface area contributed by atoms with Gasteiger partial charge in [0.05, 0.1) is 39.0 Å². The highest BCUT2D eigenvalue weighted by atomic mass is 16.4. The lowest BCUT2D eigenvalue weighted by atomic mass is 10.1. The van der Waals surface area contributed by atoms with Crippen LogP contribution in [0.1, 0.15) is 155 Å². The van der Waals surface area contributed by atoms with Crippen LogP contribution in [-0.2, 0) is 14.4 Å². The quantitative estimate of drug-likeness (QED) is 0.0517. The lowest BCUT2D eigenvalue weighted by molar-refractivity contribution is -0.927. The van der Waals surface area contributed by atoms with Gasteiger partial charge in [-0.2, -0.15) is 0 Å². The molecule has 0 atom stereocenters. The molecular weight excluding hydrogens is 506 g/mol. The molecule has 7 nitrogen and oxygen atoms in total. The largest absolute Gasteiger partial charge is 0.550 e. The summed E-state index contributed by atoms with van der Waals surface area (Å²) in [7, 11) is 0. The van der Waals surface area contributed by atoms with Crippen LogP contribution in [0.3, 0.4) is 0 Å². The maximum absolute atomic E-state index is 11.1. The number of carboxylic acid groups (broad SMARTS) is 3. The summed E-state index contributed by atoms with van der Waals surface area (Å²) in [5.41, 5.74) is 0. The van der Waals surface area contributed by atoms with Crippen LogP contribution in [0.25, 0.3) is 0 Å². The number of carbonyl (C=O) groups excluding carboxylic acids is 1. The molecule has 7 heteroatoms. The van der Waals surface area contributed by atoms with Crippen LogP contribution in [0.4, 0.5) is 0 Å². The highest BCUT2D eigenvalue weighted by molar-refractivity contribution is 5.67. The molecule has 0 radical (unpaired) electrons. The van der Waals surface area contributed by atoms with Gasteiger partial charge in [-0.1, -0.05) is 109 Å². The SMILES string of the molecule is CCCCCCCCCCCC/C=C/CCCCCCCCCC[N+](CCC(=O)[O-])(CCC(=O)O)CCC(=O)O. The second kappa shape index (κ2) is 27.3. The van der Waals surface area contributed by atoms with Gasteiger partial charge in [-0.15, -0.1) is 0 Å². The molecule has 0 aromatic carbocycles. The number of allylic oxidation sites excluding steroid dienone is 2. The van der Waals surface area contributed by atoms with E-state index in [2.05, 4.69) is 19.1 Å². The predicted molar refractivity (Wildman–Crippen MR) is 161 cm³/mol. The topological polar surface area (TPSA) is 115 Å². The number of nitrogens with zero attached hydrogens (tertiary/aromatic N) is 1. The van der Waals surface area contributed by atoms with Crippen molar-refractivity contribution in [1.82, 2.24) is 0 Å². The zero-order valence-electron chi connectivity index (χ0n) is 25.7. The Morgan fingerprint density at radius 3 is 1.25 bits per heavy atom. The molecule has 0 aliphatic rings. The molecular formula is C33H61NO6. The van der Waals surface area contributed by atoms with Crippen molar-refractivity contribution in [2.45, 2.75) is 155 Å². The first-order valence-electron chi connectivity index (χ1n) is 16.4.